The summed E-state index contributed by atoms with van der Waals surface area (Å²) in [7, 11) is 3.98. The number of hydrazine groups is 1. The molecule has 0 bridgehead atoms. The van der Waals surface area contributed by atoms with Gasteiger partial charge in [-0.25, -0.2) is 5.43 Å². The Labute approximate surface area is 123 Å². The van der Waals surface area contributed by atoms with Crippen LogP contribution < -0.4 is 14.9 Å². The molecule has 0 saturated heterocycles. The van der Waals surface area contributed by atoms with E-state index in [4.69, 9.17) is 9.47 Å². The highest BCUT2D eigenvalue weighted by atomic mass is 16.5. The lowest BCUT2D eigenvalue weighted by molar-refractivity contribution is 0.249. The smallest absolute Gasteiger partial charge is 0.161 e. The molecule has 114 valence electrons. The molecule has 1 aromatic rings. The first kappa shape index (κ1) is 16.8. The van der Waals surface area contributed by atoms with E-state index in [1.807, 2.05) is 25.2 Å². The standard InChI is InChI=1S/C16H28N2O2/c1-6-10-19-15-9-8-14(13(3)17-18(4)5)12-16(15)20-11-7-2/h8-9,12-13,17H,6-7,10-11H2,1-5H3. The maximum absolute atomic E-state index is 5.81. The molecular formula is C16H28N2O2. The van der Waals surface area contributed by atoms with Gasteiger partial charge in [0.15, 0.2) is 11.5 Å². The van der Waals surface area contributed by atoms with E-state index in [9.17, 15) is 0 Å². The monoisotopic (exact) mass is 280 g/mol. The Kier molecular flexibility index (Phi) is 7.41. The first-order valence-electron chi connectivity index (χ1n) is 7.41. The van der Waals surface area contributed by atoms with Gasteiger partial charge in [-0.3, -0.25) is 5.01 Å². The fourth-order valence-electron chi connectivity index (χ4n) is 1.91. The molecular weight excluding hydrogens is 252 g/mol. The van der Waals surface area contributed by atoms with Crippen molar-refractivity contribution >= 4 is 0 Å². The second kappa shape index (κ2) is 8.82. The molecule has 1 aromatic carbocycles. The molecule has 0 amide bonds. The largest absolute Gasteiger partial charge is 0.490 e. The van der Waals surface area contributed by atoms with Crippen LogP contribution in [-0.2, 0) is 0 Å². The second-order valence-corrected chi connectivity index (χ2v) is 5.15. The zero-order valence-corrected chi connectivity index (χ0v) is 13.4. The SMILES string of the molecule is CCCOc1ccc(C(C)NN(C)C)cc1OCCC. The summed E-state index contributed by atoms with van der Waals surface area (Å²) < 4.78 is 11.6. The molecule has 1 N–H and O–H groups in total. The highest BCUT2D eigenvalue weighted by Crippen LogP contribution is 2.31. The van der Waals surface area contributed by atoms with Crippen LogP contribution in [-0.4, -0.2) is 32.3 Å². The normalized spacial score (nSPS) is 12.5. The number of ether oxygens (including phenoxy) is 2. The highest BCUT2D eigenvalue weighted by molar-refractivity contribution is 5.43. The van der Waals surface area contributed by atoms with Crippen LogP contribution in [0.5, 0.6) is 11.5 Å². The van der Waals surface area contributed by atoms with Gasteiger partial charge in [0, 0.05) is 20.1 Å². The van der Waals surface area contributed by atoms with Gasteiger partial charge in [-0.15, -0.1) is 0 Å². The van der Waals surface area contributed by atoms with E-state index in [0.29, 0.717) is 13.2 Å². The number of hydrogen-bond acceptors (Lipinski definition) is 4. The molecule has 0 spiro atoms. The number of benzene rings is 1. The molecule has 4 nitrogen and oxygen atoms in total. The third-order valence-corrected chi connectivity index (χ3v) is 2.84. The summed E-state index contributed by atoms with van der Waals surface area (Å²) in [5.41, 5.74) is 4.53. The van der Waals surface area contributed by atoms with Crippen molar-refractivity contribution in [1.29, 1.82) is 0 Å². The first-order valence-corrected chi connectivity index (χ1v) is 7.41. The topological polar surface area (TPSA) is 33.7 Å². The van der Waals surface area contributed by atoms with E-state index < -0.39 is 0 Å². The zero-order chi connectivity index (χ0) is 15.0. The van der Waals surface area contributed by atoms with Crippen molar-refractivity contribution in [3.63, 3.8) is 0 Å². The Morgan fingerprint density at radius 2 is 1.65 bits per heavy atom. The summed E-state index contributed by atoms with van der Waals surface area (Å²) in [4.78, 5) is 0. The van der Waals surface area contributed by atoms with Gasteiger partial charge >= 0.3 is 0 Å². The summed E-state index contributed by atoms with van der Waals surface area (Å²) in [6, 6.07) is 6.39. The van der Waals surface area contributed by atoms with Crippen LogP contribution in [0, 0.1) is 0 Å². The van der Waals surface area contributed by atoms with Gasteiger partial charge in [0.05, 0.1) is 13.2 Å². The molecule has 0 saturated carbocycles. The third-order valence-electron chi connectivity index (χ3n) is 2.84. The van der Waals surface area contributed by atoms with Crippen LogP contribution in [0.3, 0.4) is 0 Å². The van der Waals surface area contributed by atoms with Crippen molar-refractivity contribution in [2.75, 3.05) is 27.3 Å². The van der Waals surface area contributed by atoms with Crippen molar-refractivity contribution in [2.45, 2.75) is 39.7 Å². The third kappa shape index (κ3) is 5.39. The summed E-state index contributed by atoms with van der Waals surface area (Å²) >= 11 is 0. The van der Waals surface area contributed by atoms with Crippen LogP contribution in [0.25, 0.3) is 0 Å². The molecule has 0 aromatic heterocycles. The van der Waals surface area contributed by atoms with E-state index in [0.717, 1.165) is 24.3 Å². The van der Waals surface area contributed by atoms with E-state index in [1.54, 1.807) is 0 Å². The average Bonchev–Trinajstić information content (AvgIpc) is 2.42. The average molecular weight is 280 g/mol. The maximum Gasteiger partial charge on any atom is 0.161 e. The Morgan fingerprint density at radius 1 is 1.05 bits per heavy atom. The summed E-state index contributed by atoms with van der Waals surface area (Å²) in [5.74, 6) is 1.67. The van der Waals surface area contributed by atoms with Crippen LogP contribution in [0.15, 0.2) is 18.2 Å². The number of hydrogen-bond donors (Lipinski definition) is 1. The van der Waals surface area contributed by atoms with Gasteiger partial charge in [0.25, 0.3) is 0 Å². The maximum atomic E-state index is 5.81. The van der Waals surface area contributed by atoms with Crippen molar-refractivity contribution in [2.24, 2.45) is 0 Å². The lowest BCUT2D eigenvalue weighted by atomic mass is 10.1. The summed E-state index contributed by atoms with van der Waals surface area (Å²) in [6.07, 6.45) is 1.98. The molecule has 1 rings (SSSR count). The Morgan fingerprint density at radius 3 is 2.20 bits per heavy atom. The van der Waals surface area contributed by atoms with E-state index in [-0.39, 0.29) is 6.04 Å². The lowest BCUT2D eigenvalue weighted by Gasteiger charge is -2.21. The number of nitrogens with one attached hydrogen (secondary N) is 1. The molecule has 0 heterocycles. The van der Waals surface area contributed by atoms with Crippen molar-refractivity contribution in [3.8, 4) is 11.5 Å². The van der Waals surface area contributed by atoms with Gasteiger partial charge in [0.2, 0.25) is 0 Å². The van der Waals surface area contributed by atoms with Crippen LogP contribution in [0.1, 0.15) is 45.2 Å². The molecule has 20 heavy (non-hydrogen) atoms. The Hall–Kier alpha value is -1.26. The lowest BCUT2D eigenvalue weighted by Crippen LogP contribution is -2.32. The van der Waals surface area contributed by atoms with E-state index in [2.05, 4.69) is 38.3 Å². The molecule has 0 fully saturated rings. The molecule has 0 radical (unpaired) electrons. The second-order valence-electron chi connectivity index (χ2n) is 5.15. The Balaban J connectivity index is 2.87. The molecule has 0 aliphatic carbocycles. The molecule has 1 atom stereocenters. The van der Waals surface area contributed by atoms with Gasteiger partial charge in [-0.1, -0.05) is 19.9 Å². The molecule has 1 unspecified atom stereocenters. The highest BCUT2D eigenvalue weighted by Gasteiger charge is 2.11. The summed E-state index contributed by atoms with van der Waals surface area (Å²) in [6.45, 7) is 7.76. The molecule has 0 aliphatic heterocycles. The fraction of sp³-hybridized carbons (Fsp3) is 0.625. The van der Waals surface area contributed by atoms with Gasteiger partial charge < -0.3 is 9.47 Å². The van der Waals surface area contributed by atoms with Crippen molar-refractivity contribution < 1.29 is 9.47 Å². The number of nitrogens with zero attached hydrogens (tertiary/aromatic N) is 1. The van der Waals surface area contributed by atoms with Gasteiger partial charge in [0.1, 0.15) is 0 Å². The van der Waals surface area contributed by atoms with Crippen molar-refractivity contribution in [3.05, 3.63) is 23.8 Å². The zero-order valence-electron chi connectivity index (χ0n) is 13.4. The van der Waals surface area contributed by atoms with E-state index >= 15 is 0 Å². The van der Waals surface area contributed by atoms with Crippen molar-refractivity contribution in [1.82, 2.24) is 10.4 Å². The van der Waals surface area contributed by atoms with Gasteiger partial charge in [-0.05, 0) is 37.5 Å². The minimum absolute atomic E-state index is 0.231. The fourth-order valence-corrected chi connectivity index (χ4v) is 1.91. The predicted octanol–water partition coefficient (Wildman–Crippen LogP) is 3.39. The molecule has 0 aliphatic rings. The first-order chi connectivity index (χ1) is 9.58. The minimum atomic E-state index is 0.231. The molecule has 4 heteroatoms. The quantitative estimate of drug-likeness (QED) is 0.703. The summed E-state index contributed by atoms with van der Waals surface area (Å²) in [5, 5.41) is 1.96. The number of rotatable bonds is 9. The minimum Gasteiger partial charge on any atom is -0.490 e. The van der Waals surface area contributed by atoms with Crippen LogP contribution in [0.4, 0.5) is 0 Å². The van der Waals surface area contributed by atoms with E-state index in [1.165, 1.54) is 5.56 Å². The van der Waals surface area contributed by atoms with Crippen LogP contribution in [0.2, 0.25) is 0 Å². The predicted molar refractivity (Wildman–Crippen MR) is 83.3 cm³/mol. The van der Waals surface area contributed by atoms with Crippen LogP contribution >= 0.6 is 0 Å². The van der Waals surface area contributed by atoms with Gasteiger partial charge in [-0.2, -0.15) is 0 Å². The Bertz CT molecular complexity index is 394.